The predicted molar refractivity (Wildman–Crippen MR) is 96.7 cm³/mol. The van der Waals surface area contributed by atoms with E-state index in [0.717, 1.165) is 27.8 Å². The highest BCUT2D eigenvalue weighted by atomic mass is 35.5. The highest BCUT2D eigenvalue weighted by molar-refractivity contribution is 6.28. The van der Waals surface area contributed by atoms with Crippen LogP contribution in [0.4, 0.5) is 0 Å². The van der Waals surface area contributed by atoms with Gasteiger partial charge < -0.3 is 4.74 Å². The number of nitrogens with zero attached hydrogens (tertiary/aromatic N) is 5. The topological polar surface area (TPSA) is 76.6 Å². The van der Waals surface area contributed by atoms with Gasteiger partial charge in [0.1, 0.15) is 11.1 Å². The summed E-state index contributed by atoms with van der Waals surface area (Å²) in [4.78, 5) is 8.40. The van der Waals surface area contributed by atoms with Crippen molar-refractivity contribution in [2.24, 2.45) is 7.05 Å². The smallest absolute Gasteiger partial charge is 0.235 e. The van der Waals surface area contributed by atoms with Crippen molar-refractivity contribution in [3.63, 3.8) is 0 Å². The molecule has 0 aliphatic carbocycles. The van der Waals surface area contributed by atoms with Gasteiger partial charge in [-0.3, -0.25) is 4.68 Å². The first-order valence-electron chi connectivity index (χ1n) is 7.63. The molecule has 2 aromatic heterocycles. The number of benzene rings is 1. The number of ether oxygens (including phenoxy) is 1. The Morgan fingerprint density at radius 1 is 1.20 bits per heavy atom. The van der Waals surface area contributed by atoms with E-state index in [2.05, 4.69) is 15.1 Å². The summed E-state index contributed by atoms with van der Waals surface area (Å²) in [7, 11) is 1.83. The van der Waals surface area contributed by atoms with Crippen LogP contribution in [0.5, 0.6) is 11.6 Å². The fourth-order valence-corrected chi connectivity index (χ4v) is 2.87. The summed E-state index contributed by atoms with van der Waals surface area (Å²) < 4.78 is 7.83. The van der Waals surface area contributed by atoms with Gasteiger partial charge in [0.15, 0.2) is 5.65 Å². The van der Waals surface area contributed by atoms with Gasteiger partial charge in [0.25, 0.3) is 0 Å². The minimum atomic E-state index is 0.0875. The molecule has 1 aromatic carbocycles. The van der Waals surface area contributed by atoms with Crippen molar-refractivity contribution < 1.29 is 4.74 Å². The molecule has 0 radical (unpaired) electrons. The molecule has 3 aromatic rings. The molecule has 2 heterocycles. The Kier molecular flexibility index (Phi) is 4.43. The summed E-state index contributed by atoms with van der Waals surface area (Å²) in [6.07, 6.45) is 3.20. The van der Waals surface area contributed by atoms with Gasteiger partial charge in [0.05, 0.1) is 11.8 Å². The number of rotatable bonds is 3. The number of aromatic nitrogens is 4. The summed E-state index contributed by atoms with van der Waals surface area (Å²) in [5.41, 5.74) is 4.20. The van der Waals surface area contributed by atoms with Gasteiger partial charge in [0.2, 0.25) is 11.2 Å². The molecule has 0 unspecified atom stereocenters. The molecule has 25 heavy (non-hydrogen) atoms. The third-order valence-corrected chi connectivity index (χ3v) is 4.12. The second-order valence-corrected chi connectivity index (χ2v) is 6.09. The largest absolute Gasteiger partial charge is 0.438 e. The molecule has 0 N–H and O–H groups in total. The van der Waals surface area contributed by atoms with E-state index in [4.69, 9.17) is 21.6 Å². The first-order chi connectivity index (χ1) is 11.9. The molecule has 7 heteroatoms. The summed E-state index contributed by atoms with van der Waals surface area (Å²) >= 11 is 6.02. The van der Waals surface area contributed by atoms with E-state index in [9.17, 15) is 0 Å². The highest BCUT2D eigenvalue weighted by Crippen LogP contribution is 2.34. The van der Waals surface area contributed by atoms with Gasteiger partial charge in [-0.2, -0.15) is 20.3 Å². The monoisotopic (exact) mass is 353 g/mol. The number of fused-ring (bicyclic) bond motifs is 1. The van der Waals surface area contributed by atoms with Gasteiger partial charge >= 0.3 is 0 Å². The number of aryl methyl sites for hydroxylation is 4. The quantitative estimate of drug-likeness (QED) is 0.519. The normalized spacial score (nSPS) is 11.2. The van der Waals surface area contributed by atoms with Gasteiger partial charge in [-0.15, -0.1) is 0 Å². The molecule has 0 fully saturated rings. The second-order valence-electron chi connectivity index (χ2n) is 5.75. The Morgan fingerprint density at radius 2 is 1.88 bits per heavy atom. The number of nitriles is 1. The third kappa shape index (κ3) is 3.19. The zero-order chi connectivity index (χ0) is 18.1. The average Bonchev–Trinajstić information content (AvgIpc) is 2.83. The maximum absolute atomic E-state index is 8.67. The van der Waals surface area contributed by atoms with Crippen molar-refractivity contribution in [1.29, 1.82) is 5.26 Å². The molecule has 0 atom stereocenters. The van der Waals surface area contributed by atoms with Crippen molar-refractivity contribution in [3.05, 3.63) is 45.9 Å². The van der Waals surface area contributed by atoms with Crippen molar-refractivity contribution >= 4 is 28.7 Å². The van der Waals surface area contributed by atoms with E-state index < -0.39 is 0 Å². The average molecular weight is 354 g/mol. The summed E-state index contributed by atoms with van der Waals surface area (Å²) in [6, 6.07) is 5.89. The van der Waals surface area contributed by atoms with Crippen molar-refractivity contribution in [2.45, 2.75) is 20.8 Å². The minimum absolute atomic E-state index is 0.0875. The molecule has 126 valence electrons. The number of halogens is 1. The van der Waals surface area contributed by atoms with Crippen LogP contribution in [0.25, 0.3) is 17.1 Å². The fourth-order valence-electron chi connectivity index (χ4n) is 2.72. The van der Waals surface area contributed by atoms with Crippen LogP contribution in [0.2, 0.25) is 5.28 Å². The van der Waals surface area contributed by atoms with Crippen LogP contribution in [-0.4, -0.2) is 19.7 Å². The number of allylic oxidation sites excluding steroid dienone is 1. The lowest BCUT2D eigenvalue weighted by Gasteiger charge is -2.13. The molecular weight excluding hydrogens is 338 g/mol. The standard InChI is InChI=1S/C18H16ClN5O/c1-10-8-13(6-5-7-20)9-11(2)15(10)25-17-14-12(3)24(4)23-16(14)21-18(19)22-17/h5-6,8-9H,1-4H3. The fraction of sp³-hybridized carbons (Fsp3) is 0.222. The molecule has 0 bridgehead atoms. The summed E-state index contributed by atoms with van der Waals surface area (Å²) in [5.74, 6) is 1.08. The predicted octanol–water partition coefficient (Wildman–Crippen LogP) is 4.27. The maximum Gasteiger partial charge on any atom is 0.235 e. The second kappa shape index (κ2) is 6.54. The van der Waals surface area contributed by atoms with Crippen LogP contribution in [0.3, 0.4) is 0 Å². The van der Waals surface area contributed by atoms with E-state index in [1.165, 1.54) is 6.08 Å². The van der Waals surface area contributed by atoms with Crippen molar-refractivity contribution in [3.8, 4) is 17.7 Å². The van der Waals surface area contributed by atoms with Gasteiger partial charge in [-0.1, -0.05) is 0 Å². The van der Waals surface area contributed by atoms with E-state index in [-0.39, 0.29) is 5.28 Å². The SMILES string of the molecule is Cc1cc(C=CC#N)cc(C)c1Oc1nc(Cl)nc2nn(C)c(C)c12. The van der Waals surface area contributed by atoms with Crippen LogP contribution in [0.15, 0.2) is 18.2 Å². The minimum Gasteiger partial charge on any atom is -0.438 e. The maximum atomic E-state index is 8.67. The molecule has 6 nitrogen and oxygen atoms in total. The Balaban J connectivity index is 2.11. The van der Waals surface area contributed by atoms with Crippen LogP contribution >= 0.6 is 11.6 Å². The summed E-state index contributed by atoms with van der Waals surface area (Å²) in [5, 5.41) is 13.8. The number of hydrogen-bond donors (Lipinski definition) is 0. The van der Waals surface area contributed by atoms with Crippen molar-refractivity contribution in [1.82, 2.24) is 19.7 Å². The molecule has 0 aliphatic rings. The van der Waals surface area contributed by atoms with Crippen molar-refractivity contribution in [2.75, 3.05) is 0 Å². The van der Waals surface area contributed by atoms with Crippen LogP contribution in [-0.2, 0) is 7.05 Å². The van der Waals surface area contributed by atoms with E-state index in [0.29, 0.717) is 17.3 Å². The van der Waals surface area contributed by atoms with Gasteiger partial charge in [-0.25, -0.2) is 0 Å². The lowest BCUT2D eigenvalue weighted by atomic mass is 10.1. The molecule has 0 spiro atoms. The molecular formula is C18H16ClN5O. The van der Waals surface area contributed by atoms with Crippen LogP contribution in [0, 0.1) is 32.1 Å². The van der Waals surface area contributed by atoms with Crippen LogP contribution in [0.1, 0.15) is 22.4 Å². The highest BCUT2D eigenvalue weighted by Gasteiger charge is 2.18. The first kappa shape index (κ1) is 16.9. The van der Waals surface area contributed by atoms with Gasteiger partial charge in [-0.05, 0) is 67.3 Å². The lowest BCUT2D eigenvalue weighted by Crippen LogP contribution is -1.97. The zero-order valence-corrected chi connectivity index (χ0v) is 15.1. The van der Waals surface area contributed by atoms with E-state index in [1.807, 2.05) is 46.0 Å². The molecule has 0 aliphatic heterocycles. The molecule has 3 rings (SSSR count). The zero-order valence-electron chi connectivity index (χ0n) is 14.3. The van der Waals surface area contributed by atoms with E-state index in [1.54, 1.807) is 10.8 Å². The molecule has 0 saturated carbocycles. The first-order valence-corrected chi connectivity index (χ1v) is 8.00. The lowest BCUT2D eigenvalue weighted by molar-refractivity contribution is 0.461. The summed E-state index contributed by atoms with van der Waals surface area (Å²) in [6.45, 7) is 5.82. The van der Waals surface area contributed by atoms with E-state index >= 15 is 0 Å². The molecule has 0 saturated heterocycles. The Hall–Kier alpha value is -2.91. The Morgan fingerprint density at radius 3 is 2.52 bits per heavy atom. The molecule has 0 amide bonds. The number of hydrogen-bond acceptors (Lipinski definition) is 5. The third-order valence-electron chi connectivity index (χ3n) is 3.95. The Bertz CT molecular complexity index is 1020. The Labute approximate surface area is 150 Å². The van der Waals surface area contributed by atoms with Crippen LogP contribution < -0.4 is 4.74 Å². The van der Waals surface area contributed by atoms with Gasteiger partial charge in [0, 0.05) is 13.1 Å².